The molecular formula is C23H28FN3O4. The minimum absolute atomic E-state index is 0.0801. The van der Waals surface area contributed by atoms with Crippen molar-refractivity contribution in [3.8, 4) is 11.5 Å². The van der Waals surface area contributed by atoms with Crippen LogP contribution in [0.1, 0.15) is 15.9 Å². The maximum Gasteiger partial charge on any atom is 0.251 e. The van der Waals surface area contributed by atoms with Crippen molar-refractivity contribution >= 4 is 11.8 Å². The standard InChI is InChI=1S/C23H28FN3O4/c1-30-20-8-3-17(15-21(20)31-2)16-22(28)27-13-11-26(12-14-27)10-9-25-23(29)18-4-6-19(24)7-5-18/h3-8,15H,9-14,16H2,1-2H3,(H,25,29). The highest BCUT2D eigenvalue weighted by atomic mass is 19.1. The molecule has 1 saturated heterocycles. The maximum atomic E-state index is 12.9. The van der Waals surface area contributed by atoms with Crippen molar-refractivity contribution in [1.29, 1.82) is 0 Å². The molecule has 7 nitrogen and oxygen atoms in total. The molecule has 1 N–H and O–H groups in total. The van der Waals surface area contributed by atoms with E-state index in [-0.39, 0.29) is 17.6 Å². The monoisotopic (exact) mass is 429 g/mol. The molecule has 2 amide bonds. The first kappa shape index (κ1) is 22.6. The number of hydrogen-bond acceptors (Lipinski definition) is 5. The van der Waals surface area contributed by atoms with Gasteiger partial charge < -0.3 is 19.7 Å². The molecule has 1 heterocycles. The molecule has 0 bridgehead atoms. The number of halogens is 1. The third-order valence-corrected chi connectivity index (χ3v) is 5.35. The number of carbonyl (C=O) groups excluding carboxylic acids is 2. The zero-order valence-corrected chi connectivity index (χ0v) is 17.9. The number of hydrogen-bond donors (Lipinski definition) is 1. The van der Waals surface area contributed by atoms with Crippen molar-refractivity contribution in [2.75, 3.05) is 53.5 Å². The largest absolute Gasteiger partial charge is 0.493 e. The summed E-state index contributed by atoms with van der Waals surface area (Å²) < 4.78 is 23.5. The van der Waals surface area contributed by atoms with Gasteiger partial charge in [-0.25, -0.2) is 4.39 Å². The van der Waals surface area contributed by atoms with Crippen LogP contribution in [0.15, 0.2) is 42.5 Å². The summed E-state index contributed by atoms with van der Waals surface area (Å²) in [6.45, 7) is 4.00. The van der Waals surface area contributed by atoms with E-state index in [1.54, 1.807) is 20.3 Å². The van der Waals surface area contributed by atoms with E-state index in [2.05, 4.69) is 10.2 Å². The molecule has 31 heavy (non-hydrogen) atoms. The van der Waals surface area contributed by atoms with E-state index in [1.165, 1.54) is 24.3 Å². The van der Waals surface area contributed by atoms with Gasteiger partial charge in [0.1, 0.15) is 5.82 Å². The molecule has 3 rings (SSSR count). The van der Waals surface area contributed by atoms with Crippen LogP contribution in [0, 0.1) is 5.82 Å². The van der Waals surface area contributed by atoms with Crippen molar-refractivity contribution in [3.05, 3.63) is 59.4 Å². The Labute approximate surface area is 181 Å². The van der Waals surface area contributed by atoms with E-state index < -0.39 is 0 Å². The fourth-order valence-electron chi connectivity index (χ4n) is 3.53. The second-order valence-corrected chi connectivity index (χ2v) is 7.35. The number of rotatable bonds is 8. The van der Waals surface area contributed by atoms with E-state index in [0.29, 0.717) is 49.7 Å². The zero-order valence-electron chi connectivity index (χ0n) is 17.9. The lowest BCUT2D eigenvalue weighted by Crippen LogP contribution is -2.50. The Morgan fingerprint density at radius 3 is 2.29 bits per heavy atom. The SMILES string of the molecule is COc1ccc(CC(=O)N2CCN(CCNC(=O)c3ccc(F)cc3)CC2)cc1OC. The molecule has 0 saturated carbocycles. The highest BCUT2D eigenvalue weighted by Crippen LogP contribution is 2.27. The van der Waals surface area contributed by atoms with Crippen molar-refractivity contribution in [3.63, 3.8) is 0 Å². The molecule has 0 aliphatic carbocycles. The van der Waals surface area contributed by atoms with E-state index >= 15 is 0 Å². The Balaban J connectivity index is 1.40. The van der Waals surface area contributed by atoms with Gasteiger partial charge >= 0.3 is 0 Å². The third kappa shape index (κ3) is 6.18. The fraction of sp³-hybridized carbons (Fsp3) is 0.391. The first-order valence-corrected chi connectivity index (χ1v) is 10.2. The van der Waals surface area contributed by atoms with Crippen molar-refractivity contribution < 1.29 is 23.5 Å². The van der Waals surface area contributed by atoms with Crippen LogP contribution in [-0.4, -0.2) is 75.1 Å². The van der Waals surface area contributed by atoms with Crippen LogP contribution < -0.4 is 14.8 Å². The number of nitrogens with one attached hydrogen (secondary N) is 1. The highest BCUT2D eigenvalue weighted by molar-refractivity contribution is 5.94. The Kier molecular flexibility index (Phi) is 7.83. The summed E-state index contributed by atoms with van der Waals surface area (Å²) in [4.78, 5) is 28.8. The molecule has 2 aromatic carbocycles. The normalized spacial score (nSPS) is 14.2. The van der Waals surface area contributed by atoms with Gasteiger partial charge in [0.15, 0.2) is 11.5 Å². The van der Waals surface area contributed by atoms with Crippen LogP contribution >= 0.6 is 0 Å². The van der Waals surface area contributed by atoms with Crippen molar-refractivity contribution in [2.24, 2.45) is 0 Å². The Morgan fingerprint density at radius 2 is 1.65 bits per heavy atom. The number of piperazine rings is 1. The molecule has 2 aromatic rings. The highest BCUT2D eigenvalue weighted by Gasteiger charge is 2.21. The van der Waals surface area contributed by atoms with Crippen LogP contribution in [0.3, 0.4) is 0 Å². The topological polar surface area (TPSA) is 71.1 Å². The summed E-state index contributed by atoms with van der Waals surface area (Å²) >= 11 is 0. The summed E-state index contributed by atoms with van der Waals surface area (Å²) in [5.74, 6) is 0.745. The van der Waals surface area contributed by atoms with Crippen LogP contribution in [0.4, 0.5) is 4.39 Å². The lowest BCUT2D eigenvalue weighted by molar-refractivity contribution is -0.132. The molecule has 0 unspecified atom stereocenters. The van der Waals surface area contributed by atoms with Gasteiger partial charge in [0.05, 0.1) is 20.6 Å². The van der Waals surface area contributed by atoms with Crippen LogP contribution in [-0.2, 0) is 11.2 Å². The predicted molar refractivity (Wildman–Crippen MR) is 115 cm³/mol. The van der Waals surface area contributed by atoms with Crippen molar-refractivity contribution in [1.82, 2.24) is 15.1 Å². The van der Waals surface area contributed by atoms with E-state index in [0.717, 1.165) is 18.7 Å². The number of benzene rings is 2. The van der Waals surface area contributed by atoms with Gasteiger partial charge in [-0.2, -0.15) is 0 Å². The molecule has 166 valence electrons. The minimum atomic E-state index is -0.366. The molecule has 1 aliphatic rings. The Morgan fingerprint density at radius 1 is 0.968 bits per heavy atom. The number of nitrogens with zero attached hydrogens (tertiary/aromatic N) is 2. The van der Waals surface area contributed by atoms with E-state index in [9.17, 15) is 14.0 Å². The molecule has 0 aromatic heterocycles. The first-order chi connectivity index (χ1) is 15.0. The fourth-order valence-corrected chi connectivity index (χ4v) is 3.53. The summed E-state index contributed by atoms with van der Waals surface area (Å²) in [6.07, 6.45) is 0.314. The zero-order chi connectivity index (χ0) is 22.2. The average Bonchev–Trinajstić information content (AvgIpc) is 2.79. The van der Waals surface area contributed by atoms with Crippen LogP contribution in [0.5, 0.6) is 11.5 Å². The summed E-state index contributed by atoms with van der Waals surface area (Å²) in [5.41, 5.74) is 1.32. The lowest BCUT2D eigenvalue weighted by atomic mass is 10.1. The van der Waals surface area contributed by atoms with Gasteiger partial charge in [0.2, 0.25) is 5.91 Å². The van der Waals surface area contributed by atoms with E-state index in [1.807, 2.05) is 17.0 Å². The lowest BCUT2D eigenvalue weighted by Gasteiger charge is -2.34. The molecule has 1 fully saturated rings. The summed E-state index contributed by atoms with van der Waals surface area (Å²) in [7, 11) is 3.15. The average molecular weight is 429 g/mol. The third-order valence-electron chi connectivity index (χ3n) is 5.35. The van der Waals surface area contributed by atoms with Gasteiger partial charge in [-0.1, -0.05) is 6.07 Å². The molecule has 0 atom stereocenters. The van der Waals surface area contributed by atoms with Crippen LogP contribution in [0.25, 0.3) is 0 Å². The van der Waals surface area contributed by atoms with Gasteiger partial charge in [0, 0.05) is 44.8 Å². The Hall–Kier alpha value is -3.13. The predicted octanol–water partition coefficient (Wildman–Crippen LogP) is 1.96. The van der Waals surface area contributed by atoms with Gasteiger partial charge in [0.25, 0.3) is 5.91 Å². The molecular weight excluding hydrogens is 401 g/mol. The Bertz CT molecular complexity index is 896. The molecule has 8 heteroatoms. The second kappa shape index (κ2) is 10.8. The summed E-state index contributed by atoms with van der Waals surface area (Å²) in [6, 6.07) is 11.0. The number of ether oxygens (including phenoxy) is 2. The minimum Gasteiger partial charge on any atom is -0.493 e. The molecule has 1 aliphatic heterocycles. The second-order valence-electron chi connectivity index (χ2n) is 7.35. The van der Waals surface area contributed by atoms with Crippen LogP contribution in [0.2, 0.25) is 0 Å². The molecule has 0 radical (unpaired) electrons. The van der Waals surface area contributed by atoms with Gasteiger partial charge in [-0.15, -0.1) is 0 Å². The smallest absolute Gasteiger partial charge is 0.251 e. The van der Waals surface area contributed by atoms with E-state index in [4.69, 9.17) is 9.47 Å². The maximum absolute atomic E-state index is 12.9. The van der Waals surface area contributed by atoms with Crippen molar-refractivity contribution in [2.45, 2.75) is 6.42 Å². The summed E-state index contributed by atoms with van der Waals surface area (Å²) in [5, 5.41) is 2.85. The number of amides is 2. The number of carbonyl (C=O) groups is 2. The first-order valence-electron chi connectivity index (χ1n) is 10.2. The quantitative estimate of drug-likeness (QED) is 0.695. The van der Waals surface area contributed by atoms with Gasteiger partial charge in [-0.3, -0.25) is 14.5 Å². The van der Waals surface area contributed by atoms with Gasteiger partial charge in [-0.05, 0) is 42.0 Å². The number of methoxy groups -OCH3 is 2. The molecule has 0 spiro atoms.